The van der Waals surface area contributed by atoms with E-state index in [1.165, 1.54) is 12.1 Å². The van der Waals surface area contributed by atoms with E-state index in [0.717, 1.165) is 5.56 Å². The van der Waals surface area contributed by atoms with Gasteiger partial charge in [-0.2, -0.15) is 0 Å². The van der Waals surface area contributed by atoms with Gasteiger partial charge in [-0.25, -0.2) is 4.39 Å². The standard InChI is InChI=1S/C10H7FN2S.K/c11-8-3-1-7(2-4-8)9-5-6-12-10(14)13-9;/h1-6H,(H,12,13,14);/q;+1/p-1. The summed E-state index contributed by atoms with van der Waals surface area (Å²) in [7, 11) is 0. The van der Waals surface area contributed by atoms with Gasteiger partial charge < -0.3 is 12.6 Å². The van der Waals surface area contributed by atoms with E-state index in [-0.39, 0.29) is 57.2 Å². The molecule has 0 aliphatic heterocycles. The van der Waals surface area contributed by atoms with Gasteiger partial charge in [-0.1, -0.05) is 0 Å². The molecule has 2 aromatic rings. The summed E-state index contributed by atoms with van der Waals surface area (Å²) in [5, 5.41) is 0.298. The van der Waals surface area contributed by atoms with Crippen LogP contribution in [0, 0.1) is 5.82 Å². The molecule has 1 aromatic heterocycles. The quantitative estimate of drug-likeness (QED) is 0.373. The number of rotatable bonds is 1. The Morgan fingerprint density at radius 2 is 1.73 bits per heavy atom. The monoisotopic (exact) mass is 244 g/mol. The van der Waals surface area contributed by atoms with Crippen LogP contribution in [0.15, 0.2) is 41.7 Å². The number of nitrogens with zero attached hydrogens (tertiary/aromatic N) is 2. The Morgan fingerprint density at radius 3 is 2.33 bits per heavy atom. The predicted molar refractivity (Wildman–Crippen MR) is 53.1 cm³/mol. The van der Waals surface area contributed by atoms with Crippen molar-refractivity contribution in [3.8, 4) is 11.3 Å². The Kier molecular flexibility index (Phi) is 5.24. The van der Waals surface area contributed by atoms with Crippen molar-refractivity contribution < 1.29 is 55.8 Å². The Labute approximate surface area is 135 Å². The van der Waals surface area contributed by atoms with E-state index < -0.39 is 0 Å². The molecule has 0 saturated carbocycles. The minimum atomic E-state index is -0.263. The number of hydrogen-bond acceptors (Lipinski definition) is 3. The number of benzene rings is 1. The molecular formula is C10H6FKN2S. The van der Waals surface area contributed by atoms with E-state index in [1.54, 1.807) is 24.4 Å². The van der Waals surface area contributed by atoms with Crippen molar-refractivity contribution in [2.45, 2.75) is 5.16 Å². The van der Waals surface area contributed by atoms with Crippen LogP contribution in [-0.2, 0) is 12.6 Å². The second-order valence-corrected chi connectivity index (χ2v) is 3.10. The van der Waals surface area contributed by atoms with Gasteiger partial charge in [-0.05, 0) is 30.3 Å². The third-order valence-electron chi connectivity index (χ3n) is 1.77. The SMILES string of the molecule is Fc1ccc(-c2ccnc([S-])n2)cc1.[K+]. The van der Waals surface area contributed by atoms with Crippen LogP contribution in [0.2, 0.25) is 0 Å². The zero-order valence-electron chi connectivity index (χ0n) is 8.14. The molecule has 5 heteroatoms. The molecule has 15 heavy (non-hydrogen) atoms. The largest absolute Gasteiger partial charge is 1.00 e. The van der Waals surface area contributed by atoms with Crippen molar-refractivity contribution >= 4 is 12.6 Å². The summed E-state index contributed by atoms with van der Waals surface area (Å²) in [5.74, 6) is -0.263. The zero-order chi connectivity index (χ0) is 9.97. The minimum absolute atomic E-state index is 0. The molecule has 0 saturated heterocycles. The van der Waals surface area contributed by atoms with E-state index in [9.17, 15) is 4.39 Å². The Bertz CT molecular complexity index is 447. The summed E-state index contributed by atoms with van der Waals surface area (Å²) < 4.78 is 12.6. The average Bonchev–Trinajstić information content (AvgIpc) is 2.19. The molecule has 0 radical (unpaired) electrons. The Balaban J connectivity index is 0.00000112. The second kappa shape index (κ2) is 5.98. The minimum Gasteiger partial charge on any atom is -0.740 e. The van der Waals surface area contributed by atoms with E-state index in [1.807, 2.05) is 0 Å². The molecule has 0 amide bonds. The molecule has 0 spiro atoms. The number of aromatic nitrogens is 2. The molecule has 0 atom stereocenters. The average molecular weight is 244 g/mol. The van der Waals surface area contributed by atoms with E-state index in [2.05, 4.69) is 9.97 Å². The summed E-state index contributed by atoms with van der Waals surface area (Å²) in [6.07, 6.45) is 1.59. The van der Waals surface area contributed by atoms with E-state index >= 15 is 0 Å². The van der Waals surface area contributed by atoms with Crippen molar-refractivity contribution in [1.29, 1.82) is 0 Å². The number of hydrogen-bond donors (Lipinski definition) is 0. The van der Waals surface area contributed by atoms with Crippen LogP contribution in [-0.4, -0.2) is 9.97 Å². The summed E-state index contributed by atoms with van der Waals surface area (Å²) in [6.45, 7) is 0. The molecule has 2 nitrogen and oxygen atoms in total. The van der Waals surface area contributed by atoms with Crippen molar-refractivity contribution in [3.63, 3.8) is 0 Å². The maximum Gasteiger partial charge on any atom is 1.00 e. The summed E-state index contributed by atoms with van der Waals surface area (Å²) >= 11 is 4.83. The maximum absolute atomic E-state index is 12.6. The Hall–Kier alpha value is 0.0864. The first kappa shape index (κ1) is 13.2. The van der Waals surface area contributed by atoms with E-state index in [4.69, 9.17) is 12.6 Å². The smallest absolute Gasteiger partial charge is 0.740 e. The molecule has 1 aromatic carbocycles. The van der Waals surface area contributed by atoms with Crippen LogP contribution < -0.4 is 51.4 Å². The molecular weight excluding hydrogens is 238 g/mol. The van der Waals surface area contributed by atoms with Crippen LogP contribution in [0.25, 0.3) is 11.3 Å². The molecule has 0 bridgehead atoms. The fourth-order valence-corrected chi connectivity index (χ4v) is 1.28. The van der Waals surface area contributed by atoms with Crippen LogP contribution in [0.3, 0.4) is 0 Å². The second-order valence-electron chi connectivity index (χ2n) is 2.73. The van der Waals surface area contributed by atoms with Crippen molar-refractivity contribution in [3.05, 3.63) is 42.3 Å². The summed E-state index contributed by atoms with van der Waals surface area (Å²) in [6, 6.07) is 7.84. The van der Waals surface area contributed by atoms with E-state index in [0.29, 0.717) is 10.9 Å². The van der Waals surface area contributed by atoms with Crippen LogP contribution in [0.1, 0.15) is 0 Å². The topological polar surface area (TPSA) is 25.8 Å². The summed E-state index contributed by atoms with van der Waals surface area (Å²) in [5.41, 5.74) is 1.55. The first-order chi connectivity index (χ1) is 6.75. The molecule has 0 N–H and O–H groups in total. The van der Waals surface area contributed by atoms with Gasteiger partial charge in [0.15, 0.2) is 0 Å². The number of halogens is 1. The molecule has 1 heterocycles. The first-order valence-electron chi connectivity index (χ1n) is 4.02. The van der Waals surface area contributed by atoms with Crippen LogP contribution >= 0.6 is 0 Å². The molecule has 0 unspecified atom stereocenters. The maximum atomic E-state index is 12.6. The van der Waals surface area contributed by atoms with Gasteiger partial charge in [0.1, 0.15) is 5.82 Å². The molecule has 2 rings (SSSR count). The first-order valence-corrected chi connectivity index (χ1v) is 4.42. The van der Waals surface area contributed by atoms with Gasteiger partial charge in [0.05, 0.1) is 5.69 Å². The normalized spacial score (nSPS) is 9.40. The van der Waals surface area contributed by atoms with Crippen molar-refractivity contribution in [1.82, 2.24) is 9.97 Å². The van der Waals surface area contributed by atoms with Crippen LogP contribution in [0.5, 0.6) is 0 Å². The Morgan fingerprint density at radius 1 is 1.07 bits per heavy atom. The molecule has 70 valence electrons. The fourth-order valence-electron chi connectivity index (χ4n) is 1.12. The van der Waals surface area contributed by atoms with Crippen molar-refractivity contribution in [2.75, 3.05) is 0 Å². The third-order valence-corrected chi connectivity index (χ3v) is 1.97. The summed E-state index contributed by atoms with van der Waals surface area (Å²) in [4.78, 5) is 7.87. The van der Waals surface area contributed by atoms with Gasteiger partial charge in [-0.3, -0.25) is 9.97 Å². The van der Waals surface area contributed by atoms with Gasteiger partial charge >= 0.3 is 51.4 Å². The van der Waals surface area contributed by atoms with Crippen LogP contribution in [0.4, 0.5) is 4.39 Å². The molecule has 0 aliphatic rings. The zero-order valence-corrected chi connectivity index (χ0v) is 12.1. The molecule has 0 aliphatic carbocycles. The third kappa shape index (κ3) is 3.55. The molecule has 0 fully saturated rings. The predicted octanol–water partition coefficient (Wildman–Crippen LogP) is -0.808. The van der Waals surface area contributed by atoms with Gasteiger partial charge in [0.2, 0.25) is 0 Å². The fraction of sp³-hybridized carbons (Fsp3) is 0. The van der Waals surface area contributed by atoms with Gasteiger partial charge in [0, 0.05) is 16.9 Å². The van der Waals surface area contributed by atoms with Crippen molar-refractivity contribution in [2.24, 2.45) is 0 Å². The van der Waals surface area contributed by atoms with Gasteiger partial charge in [0.25, 0.3) is 0 Å². The van der Waals surface area contributed by atoms with Gasteiger partial charge in [-0.15, -0.1) is 0 Å².